The van der Waals surface area contributed by atoms with Gasteiger partial charge in [-0.3, -0.25) is 0 Å². The van der Waals surface area contributed by atoms with E-state index in [9.17, 15) is 0 Å². The Balaban J connectivity index is 2.40. The van der Waals surface area contributed by atoms with Crippen LogP contribution in [0.15, 0.2) is 12.1 Å². The summed E-state index contributed by atoms with van der Waals surface area (Å²) in [7, 11) is 1.96. The third-order valence-corrected chi connectivity index (χ3v) is 2.83. The molecule has 0 saturated carbocycles. The van der Waals surface area contributed by atoms with E-state index >= 15 is 0 Å². The molecule has 1 aliphatic rings. The van der Waals surface area contributed by atoms with E-state index < -0.39 is 0 Å². The Morgan fingerprint density at radius 3 is 2.40 bits per heavy atom. The van der Waals surface area contributed by atoms with Crippen LogP contribution in [0.5, 0.6) is 11.5 Å². The van der Waals surface area contributed by atoms with Crippen molar-refractivity contribution in [3.63, 3.8) is 0 Å². The molecule has 2 rings (SSSR count). The van der Waals surface area contributed by atoms with Crippen LogP contribution in [0, 0.1) is 6.92 Å². The number of rotatable bonds is 2. The molecule has 0 amide bonds. The summed E-state index contributed by atoms with van der Waals surface area (Å²) in [6.07, 6.45) is 0. The molecule has 1 heterocycles. The molecule has 1 N–H and O–H groups in total. The molecule has 1 atom stereocenters. The second-order valence-corrected chi connectivity index (χ2v) is 3.86. The molecule has 3 heteroatoms. The Bertz CT molecular complexity index is 363. The van der Waals surface area contributed by atoms with Gasteiger partial charge in [0.05, 0.1) is 0 Å². The highest BCUT2D eigenvalue weighted by Crippen LogP contribution is 2.34. The molecule has 1 aromatic carbocycles. The fourth-order valence-corrected chi connectivity index (χ4v) is 1.83. The van der Waals surface area contributed by atoms with E-state index in [1.807, 2.05) is 7.05 Å². The molecule has 0 aromatic heterocycles. The van der Waals surface area contributed by atoms with Crippen LogP contribution in [0.4, 0.5) is 0 Å². The minimum absolute atomic E-state index is 0.334. The van der Waals surface area contributed by atoms with E-state index in [1.165, 1.54) is 11.1 Å². The smallest absolute Gasteiger partial charge is 0.161 e. The van der Waals surface area contributed by atoms with Crippen LogP contribution >= 0.6 is 0 Å². The lowest BCUT2D eigenvalue weighted by Gasteiger charge is -2.22. The van der Waals surface area contributed by atoms with Gasteiger partial charge in [-0.15, -0.1) is 0 Å². The second-order valence-electron chi connectivity index (χ2n) is 3.86. The van der Waals surface area contributed by atoms with Gasteiger partial charge < -0.3 is 14.8 Å². The number of ether oxygens (including phenoxy) is 2. The Labute approximate surface area is 90.4 Å². The van der Waals surface area contributed by atoms with Crippen molar-refractivity contribution in [3.05, 3.63) is 23.3 Å². The molecule has 0 fully saturated rings. The summed E-state index contributed by atoms with van der Waals surface area (Å²) in [4.78, 5) is 0. The van der Waals surface area contributed by atoms with Crippen molar-refractivity contribution >= 4 is 0 Å². The van der Waals surface area contributed by atoms with Gasteiger partial charge in [0.1, 0.15) is 13.2 Å². The third kappa shape index (κ3) is 1.92. The van der Waals surface area contributed by atoms with Crippen LogP contribution in [0.1, 0.15) is 24.1 Å². The standard InChI is InChI=1S/C12H17NO2/c1-8-6-11-12(15-5-4-14-11)7-10(8)9(2)13-3/h6-7,9,13H,4-5H2,1-3H3. The fourth-order valence-electron chi connectivity index (χ4n) is 1.83. The van der Waals surface area contributed by atoms with Gasteiger partial charge in [0.25, 0.3) is 0 Å². The van der Waals surface area contributed by atoms with Gasteiger partial charge in [0, 0.05) is 6.04 Å². The lowest BCUT2D eigenvalue weighted by atomic mass is 10.0. The topological polar surface area (TPSA) is 30.5 Å². The van der Waals surface area contributed by atoms with Gasteiger partial charge in [-0.2, -0.15) is 0 Å². The summed E-state index contributed by atoms with van der Waals surface area (Å²) in [5, 5.41) is 3.23. The number of nitrogens with one attached hydrogen (secondary N) is 1. The molecular formula is C12H17NO2. The first-order chi connectivity index (χ1) is 7.22. The van der Waals surface area contributed by atoms with Gasteiger partial charge in [-0.25, -0.2) is 0 Å². The van der Waals surface area contributed by atoms with E-state index in [1.54, 1.807) is 0 Å². The number of aryl methyl sites for hydroxylation is 1. The SMILES string of the molecule is CNC(C)c1cc2c(cc1C)OCCO2. The maximum Gasteiger partial charge on any atom is 0.161 e. The maximum atomic E-state index is 5.56. The van der Waals surface area contributed by atoms with Gasteiger partial charge >= 0.3 is 0 Å². The predicted octanol–water partition coefficient (Wildman–Crippen LogP) is 2.05. The average Bonchev–Trinajstić information content (AvgIpc) is 2.27. The molecule has 15 heavy (non-hydrogen) atoms. The summed E-state index contributed by atoms with van der Waals surface area (Å²) in [6.45, 7) is 5.52. The summed E-state index contributed by atoms with van der Waals surface area (Å²) in [5.74, 6) is 1.73. The lowest BCUT2D eigenvalue weighted by molar-refractivity contribution is 0.171. The molecular weight excluding hydrogens is 190 g/mol. The zero-order chi connectivity index (χ0) is 10.8. The van der Waals surface area contributed by atoms with E-state index in [0.717, 1.165) is 11.5 Å². The number of hydrogen-bond acceptors (Lipinski definition) is 3. The summed E-state index contributed by atoms with van der Waals surface area (Å²) in [6, 6.07) is 4.46. The van der Waals surface area contributed by atoms with Crippen molar-refractivity contribution in [2.45, 2.75) is 19.9 Å². The van der Waals surface area contributed by atoms with Gasteiger partial charge in [-0.05, 0) is 44.2 Å². The molecule has 3 nitrogen and oxygen atoms in total. The Hall–Kier alpha value is -1.22. The lowest BCUT2D eigenvalue weighted by Crippen LogP contribution is -2.18. The summed E-state index contributed by atoms with van der Waals surface area (Å²) < 4.78 is 11.1. The number of hydrogen-bond donors (Lipinski definition) is 1. The quantitative estimate of drug-likeness (QED) is 0.805. The number of fused-ring (bicyclic) bond motifs is 1. The monoisotopic (exact) mass is 207 g/mol. The molecule has 0 radical (unpaired) electrons. The first-order valence-corrected chi connectivity index (χ1v) is 5.29. The molecule has 1 aliphatic heterocycles. The first kappa shape index (κ1) is 10.3. The van der Waals surface area contributed by atoms with Crippen LogP contribution in [0.3, 0.4) is 0 Å². The normalized spacial score (nSPS) is 16.2. The largest absolute Gasteiger partial charge is 0.486 e. The van der Waals surface area contributed by atoms with Crippen LogP contribution in [0.2, 0.25) is 0 Å². The maximum absolute atomic E-state index is 5.56. The third-order valence-electron chi connectivity index (χ3n) is 2.83. The molecule has 0 saturated heterocycles. The first-order valence-electron chi connectivity index (χ1n) is 5.29. The zero-order valence-electron chi connectivity index (χ0n) is 9.46. The van der Waals surface area contributed by atoms with Crippen molar-refractivity contribution in [1.29, 1.82) is 0 Å². The molecule has 82 valence electrons. The molecule has 0 bridgehead atoms. The van der Waals surface area contributed by atoms with Crippen molar-refractivity contribution in [2.24, 2.45) is 0 Å². The van der Waals surface area contributed by atoms with Crippen LogP contribution < -0.4 is 14.8 Å². The summed E-state index contributed by atoms with van der Waals surface area (Å²) >= 11 is 0. The predicted molar refractivity (Wildman–Crippen MR) is 59.6 cm³/mol. The highest BCUT2D eigenvalue weighted by Gasteiger charge is 2.16. The van der Waals surface area contributed by atoms with Crippen molar-refractivity contribution in [2.75, 3.05) is 20.3 Å². The molecule has 0 aliphatic carbocycles. The fraction of sp³-hybridized carbons (Fsp3) is 0.500. The molecule has 1 aromatic rings. The van der Waals surface area contributed by atoms with Crippen LogP contribution in [0.25, 0.3) is 0 Å². The zero-order valence-corrected chi connectivity index (χ0v) is 9.46. The van der Waals surface area contributed by atoms with E-state index in [-0.39, 0.29) is 0 Å². The molecule has 1 unspecified atom stereocenters. The van der Waals surface area contributed by atoms with Gasteiger partial charge in [0.2, 0.25) is 0 Å². The summed E-state index contributed by atoms with van der Waals surface area (Å²) in [5.41, 5.74) is 2.50. The van der Waals surface area contributed by atoms with Crippen molar-refractivity contribution < 1.29 is 9.47 Å². The van der Waals surface area contributed by atoms with E-state index in [0.29, 0.717) is 19.3 Å². The Morgan fingerprint density at radius 2 is 1.80 bits per heavy atom. The Morgan fingerprint density at radius 1 is 1.20 bits per heavy atom. The van der Waals surface area contributed by atoms with Crippen molar-refractivity contribution in [1.82, 2.24) is 5.32 Å². The minimum atomic E-state index is 0.334. The van der Waals surface area contributed by atoms with E-state index in [4.69, 9.17) is 9.47 Å². The minimum Gasteiger partial charge on any atom is -0.486 e. The molecule has 0 spiro atoms. The van der Waals surface area contributed by atoms with Gasteiger partial charge in [-0.1, -0.05) is 0 Å². The van der Waals surface area contributed by atoms with Crippen LogP contribution in [-0.2, 0) is 0 Å². The highest BCUT2D eigenvalue weighted by molar-refractivity contribution is 5.48. The number of benzene rings is 1. The van der Waals surface area contributed by atoms with Crippen molar-refractivity contribution in [3.8, 4) is 11.5 Å². The second kappa shape index (κ2) is 4.11. The average molecular weight is 207 g/mol. The Kier molecular flexibility index (Phi) is 2.82. The van der Waals surface area contributed by atoms with Crippen LogP contribution in [-0.4, -0.2) is 20.3 Å². The van der Waals surface area contributed by atoms with E-state index in [2.05, 4.69) is 31.3 Å². The highest BCUT2D eigenvalue weighted by atomic mass is 16.6. The van der Waals surface area contributed by atoms with Gasteiger partial charge in [0.15, 0.2) is 11.5 Å².